The van der Waals surface area contributed by atoms with E-state index < -0.39 is 0 Å². The molecular formula is C14H22N2O. The Balaban J connectivity index is 2.23. The quantitative estimate of drug-likeness (QED) is 0.854. The lowest BCUT2D eigenvalue weighted by Gasteiger charge is -2.46. The summed E-state index contributed by atoms with van der Waals surface area (Å²) >= 11 is 0. The van der Waals surface area contributed by atoms with Crippen LogP contribution >= 0.6 is 0 Å². The maximum atomic E-state index is 6.07. The summed E-state index contributed by atoms with van der Waals surface area (Å²) in [6, 6.07) is 8.51. The Bertz CT molecular complexity index is 372. The molecule has 0 saturated carbocycles. The molecule has 0 bridgehead atoms. The van der Waals surface area contributed by atoms with Crippen LogP contribution in [-0.2, 0) is 0 Å². The fourth-order valence-electron chi connectivity index (χ4n) is 2.46. The highest BCUT2D eigenvalue weighted by Gasteiger charge is 2.32. The average Bonchev–Trinajstić information content (AvgIpc) is 2.33. The van der Waals surface area contributed by atoms with Crippen LogP contribution in [0.5, 0.6) is 5.75 Å². The standard InChI is InChI=1S/C14H22N2O/c1-14(2)9-8-11(15)10-16(14)12-4-6-13(17-3)7-5-12/h4-7,11H,8-10,15H2,1-3H3. The summed E-state index contributed by atoms with van der Waals surface area (Å²) in [5, 5.41) is 0. The second kappa shape index (κ2) is 4.57. The Morgan fingerprint density at radius 3 is 2.53 bits per heavy atom. The summed E-state index contributed by atoms with van der Waals surface area (Å²) < 4.78 is 5.19. The van der Waals surface area contributed by atoms with Gasteiger partial charge in [0.05, 0.1) is 7.11 Å². The van der Waals surface area contributed by atoms with Crippen LogP contribution in [0.1, 0.15) is 26.7 Å². The molecule has 0 amide bonds. The van der Waals surface area contributed by atoms with Gasteiger partial charge in [-0.25, -0.2) is 0 Å². The van der Waals surface area contributed by atoms with Crippen molar-refractivity contribution in [2.75, 3.05) is 18.6 Å². The molecule has 0 radical (unpaired) electrons. The van der Waals surface area contributed by atoms with Crippen LogP contribution in [0.25, 0.3) is 0 Å². The SMILES string of the molecule is COc1ccc(N2CC(N)CCC2(C)C)cc1. The van der Waals surface area contributed by atoms with Gasteiger partial charge in [-0.05, 0) is 51.0 Å². The number of benzene rings is 1. The molecule has 1 aliphatic rings. The summed E-state index contributed by atoms with van der Waals surface area (Å²) in [5.41, 5.74) is 7.49. The number of methoxy groups -OCH3 is 1. The average molecular weight is 234 g/mol. The van der Waals surface area contributed by atoms with Gasteiger partial charge in [0, 0.05) is 23.8 Å². The van der Waals surface area contributed by atoms with Crippen LogP contribution in [0.4, 0.5) is 5.69 Å². The fraction of sp³-hybridized carbons (Fsp3) is 0.571. The topological polar surface area (TPSA) is 38.5 Å². The van der Waals surface area contributed by atoms with Crippen molar-refractivity contribution < 1.29 is 4.74 Å². The molecule has 0 aromatic heterocycles. The molecule has 1 aromatic carbocycles. The van der Waals surface area contributed by atoms with Gasteiger partial charge in [0.2, 0.25) is 0 Å². The molecule has 1 saturated heterocycles. The first-order chi connectivity index (χ1) is 8.03. The maximum absolute atomic E-state index is 6.07. The van der Waals surface area contributed by atoms with Crippen LogP contribution in [0.3, 0.4) is 0 Å². The Hall–Kier alpha value is -1.22. The number of nitrogens with zero attached hydrogens (tertiary/aromatic N) is 1. The highest BCUT2D eigenvalue weighted by molar-refractivity contribution is 5.51. The zero-order valence-corrected chi connectivity index (χ0v) is 10.9. The Kier molecular flexibility index (Phi) is 3.29. The zero-order chi connectivity index (χ0) is 12.5. The van der Waals surface area contributed by atoms with Crippen molar-refractivity contribution in [3.05, 3.63) is 24.3 Å². The van der Waals surface area contributed by atoms with Crippen molar-refractivity contribution in [1.82, 2.24) is 0 Å². The number of piperidine rings is 1. The number of hydrogen-bond acceptors (Lipinski definition) is 3. The van der Waals surface area contributed by atoms with Gasteiger partial charge < -0.3 is 15.4 Å². The molecule has 3 nitrogen and oxygen atoms in total. The summed E-state index contributed by atoms with van der Waals surface area (Å²) in [5.74, 6) is 0.896. The lowest BCUT2D eigenvalue weighted by atomic mass is 9.88. The molecule has 1 fully saturated rings. The van der Waals surface area contributed by atoms with Gasteiger partial charge in [0.25, 0.3) is 0 Å². The van der Waals surface area contributed by atoms with E-state index in [4.69, 9.17) is 10.5 Å². The molecule has 3 heteroatoms. The minimum Gasteiger partial charge on any atom is -0.497 e. The van der Waals surface area contributed by atoms with E-state index in [1.165, 1.54) is 5.69 Å². The van der Waals surface area contributed by atoms with Crippen molar-refractivity contribution in [3.8, 4) is 5.75 Å². The number of ether oxygens (including phenoxy) is 1. The minimum atomic E-state index is 0.185. The molecular weight excluding hydrogens is 212 g/mol. The molecule has 1 aromatic rings. The van der Waals surface area contributed by atoms with Gasteiger partial charge >= 0.3 is 0 Å². The van der Waals surface area contributed by atoms with Gasteiger partial charge in [-0.2, -0.15) is 0 Å². The van der Waals surface area contributed by atoms with Crippen LogP contribution in [-0.4, -0.2) is 25.2 Å². The third-order valence-electron chi connectivity index (χ3n) is 3.66. The van der Waals surface area contributed by atoms with E-state index in [0.717, 1.165) is 25.1 Å². The van der Waals surface area contributed by atoms with E-state index in [9.17, 15) is 0 Å². The Morgan fingerprint density at radius 1 is 1.29 bits per heavy atom. The van der Waals surface area contributed by atoms with E-state index in [-0.39, 0.29) is 11.6 Å². The van der Waals surface area contributed by atoms with Gasteiger partial charge in [-0.15, -0.1) is 0 Å². The van der Waals surface area contributed by atoms with Crippen molar-refractivity contribution >= 4 is 5.69 Å². The number of hydrogen-bond donors (Lipinski definition) is 1. The lowest BCUT2D eigenvalue weighted by Crippen LogP contribution is -2.54. The molecule has 1 heterocycles. The second-order valence-electron chi connectivity index (χ2n) is 5.42. The maximum Gasteiger partial charge on any atom is 0.119 e. The molecule has 0 spiro atoms. The number of rotatable bonds is 2. The summed E-state index contributed by atoms with van der Waals surface area (Å²) in [6.07, 6.45) is 2.25. The van der Waals surface area contributed by atoms with Crippen LogP contribution in [0, 0.1) is 0 Å². The van der Waals surface area contributed by atoms with E-state index in [1.54, 1.807) is 7.11 Å². The molecule has 17 heavy (non-hydrogen) atoms. The first-order valence-electron chi connectivity index (χ1n) is 6.20. The third-order valence-corrected chi connectivity index (χ3v) is 3.66. The van der Waals surface area contributed by atoms with E-state index >= 15 is 0 Å². The highest BCUT2D eigenvalue weighted by Crippen LogP contribution is 2.32. The Labute approximate surface area is 104 Å². The first-order valence-corrected chi connectivity index (χ1v) is 6.20. The third kappa shape index (κ3) is 2.55. The molecule has 2 rings (SSSR count). The summed E-state index contributed by atoms with van der Waals surface area (Å²) in [6.45, 7) is 5.49. The molecule has 1 atom stereocenters. The predicted molar refractivity (Wildman–Crippen MR) is 71.6 cm³/mol. The second-order valence-corrected chi connectivity index (χ2v) is 5.42. The van der Waals surface area contributed by atoms with Crippen molar-refractivity contribution in [2.24, 2.45) is 5.73 Å². The largest absolute Gasteiger partial charge is 0.497 e. The van der Waals surface area contributed by atoms with Crippen LogP contribution < -0.4 is 15.4 Å². The van der Waals surface area contributed by atoms with Crippen LogP contribution in [0.15, 0.2) is 24.3 Å². The van der Waals surface area contributed by atoms with Crippen molar-refractivity contribution in [2.45, 2.75) is 38.3 Å². The van der Waals surface area contributed by atoms with Gasteiger partial charge in [-0.1, -0.05) is 0 Å². The number of nitrogens with two attached hydrogens (primary N) is 1. The van der Waals surface area contributed by atoms with Gasteiger partial charge in [0.1, 0.15) is 5.75 Å². The zero-order valence-electron chi connectivity index (χ0n) is 10.9. The molecule has 0 aliphatic carbocycles. The minimum absolute atomic E-state index is 0.185. The lowest BCUT2D eigenvalue weighted by molar-refractivity contribution is 0.335. The smallest absolute Gasteiger partial charge is 0.119 e. The number of anilines is 1. The molecule has 2 N–H and O–H groups in total. The summed E-state index contributed by atoms with van der Waals surface area (Å²) in [4.78, 5) is 2.40. The molecule has 94 valence electrons. The Morgan fingerprint density at radius 2 is 1.94 bits per heavy atom. The monoisotopic (exact) mass is 234 g/mol. The van der Waals surface area contributed by atoms with E-state index in [2.05, 4.69) is 30.9 Å². The predicted octanol–water partition coefficient (Wildman–Crippen LogP) is 2.40. The summed E-state index contributed by atoms with van der Waals surface area (Å²) in [7, 11) is 1.69. The molecule has 1 unspecified atom stereocenters. The van der Waals surface area contributed by atoms with Crippen molar-refractivity contribution in [3.63, 3.8) is 0 Å². The highest BCUT2D eigenvalue weighted by atomic mass is 16.5. The fourth-order valence-corrected chi connectivity index (χ4v) is 2.46. The molecule has 1 aliphatic heterocycles. The normalized spacial score (nSPS) is 23.5. The van der Waals surface area contributed by atoms with Gasteiger partial charge in [0.15, 0.2) is 0 Å². The van der Waals surface area contributed by atoms with Crippen molar-refractivity contribution in [1.29, 1.82) is 0 Å². The van der Waals surface area contributed by atoms with E-state index in [1.807, 2.05) is 12.1 Å². The van der Waals surface area contributed by atoms with Gasteiger partial charge in [-0.3, -0.25) is 0 Å². The van der Waals surface area contributed by atoms with Crippen LogP contribution in [0.2, 0.25) is 0 Å². The van der Waals surface area contributed by atoms with E-state index in [0.29, 0.717) is 0 Å². The first kappa shape index (κ1) is 12.2.